The third kappa shape index (κ3) is 3.71. The highest BCUT2D eigenvalue weighted by Crippen LogP contribution is 2.43. The Labute approximate surface area is 198 Å². The molecule has 1 atom stereocenters. The molecule has 0 aliphatic heterocycles. The Balaban J connectivity index is 2.03. The quantitative estimate of drug-likeness (QED) is 0.211. The molecule has 0 bridgehead atoms. The van der Waals surface area contributed by atoms with Gasteiger partial charge in [0.15, 0.2) is 11.7 Å². The first kappa shape index (κ1) is 23.6. The number of aldehydes is 1. The van der Waals surface area contributed by atoms with Gasteiger partial charge in [0.05, 0.1) is 10.9 Å². The Morgan fingerprint density at radius 2 is 1.60 bits per heavy atom. The van der Waals surface area contributed by atoms with E-state index in [0.29, 0.717) is 12.0 Å². The van der Waals surface area contributed by atoms with E-state index in [1.807, 2.05) is 0 Å². The molecule has 9 nitrogen and oxygen atoms in total. The Bertz CT molecular complexity index is 1610. The van der Waals surface area contributed by atoms with Gasteiger partial charge in [-0.3, -0.25) is 14.4 Å². The predicted molar refractivity (Wildman–Crippen MR) is 127 cm³/mol. The number of aryl methyl sites for hydroxylation is 1. The molecule has 0 amide bonds. The summed E-state index contributed by atoms with van der Waals surface area (Å²) in [6, 6.07) is 4.71. The van der Waals surface area contributed by atoms with Crippen LogP contribution in [0.4, 0.5) is 0 Å². The van der Waals surface area contributed by atoms with Crippen molar-refractivity contribution in [3.63, 3.8) is 0 Å². The normalized spacial score (nSPS) is 12.2. The van der Waals surface area contributed by atoms with E-state index in [1.54, 1.807) is 6.92 Å². The van der Waals surface area contributed by atoms with Gasteiger partial charge in [-0.2, -0.15) is 0 Å². The number of carbonyl (C=O) groups is 2. The molecule has 180 valence electrons. The molecule has 35 heavy (non-hydrogen) atoms. The molecule has 9 heteroatoms. The molecule has 4 aromatic rings. The maximum absolute atomic E-state index is 12.7. The van der Waals surface area contributed by atoms with E-state index < -0.39 is 34.3 Å². The molecular formula is C26H22O9. The molecule has 0 saturated carbocycles. The van der Waals surface area contributed by atoms with Gasteiger partial charge in [-0.1, -0.05) is 6.92 Å². The second kappa shape index (κ2) is 8.35. The van der Waals surface area contributed by atoms with E-state index >= 15 is 0 Å². The van der Waals surface area contributed by atoms with Gasteiger partial charge >= 0.3 is 0 Å². The van der Waals surface area contributed by atoms with Gasteiger partial charge in [0.25, 0.3) is 0 Å². The Morgan fingerprint density at radius 3 is 2.23 bits per heavy atom. The van der Waals surface area contributed by atoms with E-state index in [9.17, 15) is 39.9 Å². The van der Waals surface area contributed by atoms with Crippen molar-refractivity contribution in [2.45, 2.75) is 33.1 Å². The Morgan fingerprint density at radius 1 is 0.943 bits per heavy atom. The lowest BCUT2D eigenvalue weighted by Crippen LogP contribution is -2.09. The molecule has 3 aromatic carbocycles. The van der Waals surface area contributed by atoms with Gasteiger partial charge in [0.1, 0.15) is 51.3 Å². The highest BCUT2D eigenvalue weighted by atomic mass is 16.3. The molecule has 5 N–H and O–H groups in total. The van der Waals surface area contributed by atoms with Gasteiger partial charge in [-0.15, -0.1) is 0 Å². The van der Waals surface area contributed by atoms with Crippen molar-refractivity contribution in [2.24, 2.45) is 0 Å². The fourth-order valence-electron chi connectivity index (χ4n) is 4.32. The molecule has 4 rings (SSSR count). The number of hydrogen-bond acceptors (Lipinski definition) is 9. The zero-order valence-electron chi connectivity index (χ0n) is 19.0. The zero-order chi connectivity index (χ0) is 25.8. The van der Waals surface area contributed by atoms with E-state index in [0.717, 1.165) is 6.07 Å². The van der Waals surface area contributed by atoms with Gasteiger partial charge in [-0.05, 0) is 31.5 Å². The standard InChI is InChI=1S/C26H22O9/c1-10-4-20(31)24-22(35-10)7-15-14(19(30)8-21(32)23(15)26(24)34)5-16-18(29)6-13(11(2)12(3)28)17(9-27)25(16)33/h4,6-9,11,29-31,33-34H,5H2,1-3H3/t11-/m1/s1. The smallest absolute Gasteiger partial charge is 0.193 e. The lowest BCUT2D eigenvalue weighted by molar-refractivity contribution is -0.118. The number of rotatable bonds is 5. The SMILES string of the molecule is CC(=O)[C@@H](C)c1cc(O)c(Cc2c(O)cc(=O)c3c(O)c4c(O)cc(C)oc4cc23)c(O)c1C=O. The number of ketones is 1. The molecule has 0 saturated heterocycles. The van der Waals surface area contributed by atoms with E-state index in [-0.39, 0.29) is 61.9 Å². The van der Waals surface area contributed by atoms with Crippen LogP contribution in [0.1, 0.15) is 52.6 Å². The highest BCUT2D eigenvalue weighted by molar-refractivity contribution is 6.07. The summed E-state index contributed by atoms with van der Waals surface area (Å²) in [4.78, 5) is 36.2. The van der Waals surface area contributed by atoms with Crippen molar-refractivity contribution in [2.75, 3.05) is 0 Å². The summed E-state index contributed by atoms with van der Waals surface area (Å²) in [6.07, 6.45) is 0.0219. The van der Waals surface area contributed by atoms with E-state index in [2.05, 4.69) is 0 Å². The molecule has 0 spiro atoms. The van der Waals surface area contributed by atoms with Crippen molar-refractivity contribution < 1.29 is 39.5 Å². The summed E-state index contributed by atoms with van der Waals surface area (Å²) in [5.41, 5.74) is -0.829. The number of carbonyl (C=O) groups excluding carboxylic acids is 2. The lowest BCUT2D eigenvalue weighted by atomic mass is 9.88. The summed E-state index contributed by atoms with van der Waals surface area (Å²) in [6.45, 7) is 4.42. The van der Waals surface area contributed by atoms with E-state index in [4.69, 9.17) is 4.42 Å². The molecule has 0 fully saturated rings. The molecule has 0 radical (unpaired) electrons. The number of aromatic hydroxyl groups is 5. The highest BCUT2D eigenvalue weighted by Gasteiger charge is 2.25. The first-order chi connectivity index (χ1) is 16.5. The maximum atomic E-state index is 12.7. The molecule has 1 aromatic heterocycles. The average molecular weight is 478 g/mol. The fraction of sp³-hybridized carbons (Fsp3) is 0.192. The van der Waals surface area contributed by atoms with Crippen molar-refractivity contribution in [3.8, 4) is 28.7 Å². The molecule has 0 unspecified atom stereocenters. The van der Waals surface area contributed by atoms with Crippen molar-refractivity contribution in [1.29, 1.82) is 0 Å². The summed E-state index contributed by atoms with van der Waals surface area (Å²) in [5, 5.41) is 52.9. The van der Waals surface area contributed by atoms with Crippen molar-refractivity contribution >= 4 is 33.8 Å². The van der Waals surface area contributed by atoms with Crippen LogP contribution >= 0.6 is 0 Å². The van der Waals surface area contributed by atoms with Gasteiger partial charge in [-0.25, -0.2) is 0 Å². The second-order valence-electron chi connectivity index (χ2n) is 8.49. The average Bonchev–Trinajstić information content (AvgIpc) is 2.76. The Kier molecular flexibility index (Phi) is 5.64. The van der Waals surface area contributed by atoms with Crippen LogP contribution in [0, 0.1) is 6.92 Å². The van der Waals surface area contributed by atoms with Crippen LogP contribution in [-0.4, -0.2) is 37.6 Å². The van der Waals surface area contributed by atoms with Crippen LogP contribution in [0.3, 0.4) is 0 Å². The number of phenols is 4. The summed E-state index contributed by atoms with van der Waals surface area (Å²) in [5.74, 6) is -3.08. The van der Waals surface area contributed by atoms with Crippen LogP contribution in [-0.2, 0) is 11.2 Å². The molecular weight excluding hydrogens is 456 g/mol. The van der Waals surface area contributed by atoms with Crippen LogP contribution in [0.25, 0.3) is 21.7 Å². The fourth-order valence-corrected chi connectivity index (χ4v) is 4.32. The minimum Gasteiger partial charge on any atom is -0.508 e. The summed E-state index contributed by atoms with van der Waals surface area (Å²) < 4.78 is 5.58. The van der Waals surface area contributed by atoms with Crippen LogP contribution in [0.2, 0.25) is 0 Å². The Hall–Kier alpha value is -4.53. The van der Waals surface area contributed by atoms with Crippen molar-refractivity contribution in [1.82, 2.24) is 0 Å². The molecule has 0 aliphatic rings. The van der Waals surface area contributed by atoms with E-state index in [1.165, 1.54) is 32.0 Å². The summed E-state index contributed by atoms with van der Waals surface area (Å²) in [7, 11) is 0. The first-order valence-electron chi connectivity index (χ1n) is 10.6. The van der Waals surface area contributed by atoms with Crippen LogP contribution < -0.4 is 5.43 Å². The number of fused-ring (bicyclic) bond motifs is 2. The second-order valence-corrected chi connectivity index (χ2v) is 8.49. The summed E-state index contributed by atoms with van der Waals surface area (Å²) >= 11 is 0. The first-order valence-corrected chi connectivity index (χ1v) is 10.6. The zero-order valence-corrected chi connectivity index (χ0v) is 19.0. The third-order valence-corrected chi connectivity index (χ3v) is 6.28. The lowest BCUT2D eigenvalue weighted by Gasteiger charge is -2.18. The topological polar surface area (TPSA) is 165 Å². The van der Waals surface area contributed by atoms with Gasteiger partial charge < -0.3 is 29.9 Å². The largest absolute Gasteiger partial charge is 0.508 e. The van der Waals surface area contributed by atoms with Gasteiger partial charge in [0.2, 0.25) is 0 Å². The number of phenolic OH excluding ortho intramolecular Hbond substituents is 4. The number of benzene rings is 3. The third-order valence-electron chi connectivity index (χ3n) is 6.28. The van der Waals surface area contributed by atoms with Crippen LogP contribution in [0.15, 0.2) is 33.5 Å². The number of Topliss-reactive ketones (excluding diaryl/α,β-unsaturated/α-hetero) is 1. The minimum atomic E-state index is -0.768. The predicted octanol–water partition coefficient (Wildman–Crippen LogP) is 3.88. The molecule has 1 heterocycles. The van der Waals surface area contributed by atoms with Crippen molar-refractivity contribution in [3.05, 3.63) is 62.5 Å². The monoisotopic (exact) mass is 478 g/mol. The van der Waals surface area contributed by atoms with Gasteiger partial charge in [0, 0.05) is 41.0 Å². The minimum absolute atomic E-state index is 0.0337. The maximum Gasteiger partial charge on any atom is 0.193 e. The molecule has 0 aliphatic carbocycles. The number of hydrogen-bond donors (Lipinski definition) is 5. The van der Waals surface area contributed by atoms with Crippen LogP contribution in [0.5, 0.6) is 28.7 Å².